The summed E-state index contributed by atoms with van der Waals surface area (Å²) in [5.74, 6) is 1.77. The van der Waals surface area contributed by atoms with Crippen LogP contribution in [-0.4, -0.2) is 67.0 Å². The number of nitrogens with one attached hydrogen (secondary N) is 1. The number of fused-ring (bicyclic) bond motifs is 1. The van der Waals surface area contributed by atoms with Crippen molar-refractivity contribution >= 4 is 34.1 Å². The minimum absolute atomic E-state index is 0.0502. The van der Waals surface area contributed by atoms with Gasteiger partial charge in [-0.25, -0.2) is 0 Å². The Bertz CT molecular complexity index is 1030. The summed E-state index contributed by atoms with van der Waals surface area (Å²) in [6.45, 7) is 7.52. The lowest BCUT2D eigenvalue weighted by atomic mass is 10.1. The highest BCUT2D eigenvalue weighted by Crippen LogP contribution is 2.27. The van der Waals surface area contributed by atoms with Crippen LogP contribution >= 0.6 is 11.6 Å². The smallest absolute Gasteiger partial charge is 0.189 e. The van der Waals surface area contributed by atoms with Crippen LogP contribution in [0.5, 0.6) is 5.75 Å². The van der Waals surface area contributed by atoms with Crippen LogP contribution < -0.4 is 9.64 Å². The predicted octanol–water partition coefficient (Wildman–Crippen LogP) is 4.37. The molecule has 0 bridgehead atoms. The predicted molar refractivity (Wildman–Crippen MR) is 127 cm³/mol. The van der Waals surface area contributed by atoms with Gasteiger partial charge in [0.25, 0.3) is 0 Å². The Hall–Kier alpha value is -2.61. The molecule has 1 aliphatic rings. The molecule has 7 nitrogen and oxygen atoms in total. The zero-order chi connectivity index (χ0) is 22.3. The van der Waals surface area contributed by atoms with Crippen molar-refractivity contribution < 1.29 is 14.3 Å². The minimum atomic E-state index is 0.0502. The van der Waals surface area contributed by atoms with Gasteiger partial charge in [0.1, 0.15) is 5.75 Å². The summed E-state index contributed by atoms with van der Waals surface area (Å²) in [6, 6.07) is 13.0. The van der Waals surface area contributed by atoms with E-state index in [0.29, 0.717) is 17.9 Å². The molecular formula is C24H29ClN4O3. The molecule has 2 aromatic carbocycles. The number of Topliss-reactive ketones (excluding diaryl/α,β-unsaturated/α-hetero) is 1. The van der Waals surface area contributed by atoms with E-state index < -0.39 is 0 Å². The Kier molecular flexibility index (Phi) is 7.63. The third kappa shape index (κ3) is 5.79. The second-order valence-corrected chi connectivity index (χ2v) is 8.46. The molecule has 1 fully saturated rings. The molecule has 1 saturated heterocycles. The first-order chi connectivity index (χ1) is 15.6. The van der Waals surface area contributed by atoms with Crippen LogP contribution in [0, 0.1) is 0 Å². The van der Waals surface area contributed by atoms with Gasteiger partial charge in [-0.2, -0.15) is 5.10 Å². The van der Waals surface area contributed by atoms with E-state index in [4.69, 9.17) is 21.1 Å². The minimum Gasteiger partial charge on any atom is -0.468 e. The number of carbonyl (C=O) groups excluding carboxylic acids is 1. The molecule has 4 rings (SSSR count). The number of carbonyl (C=O) groups is 1. The van der Waals surface area contributed by atoms with Crippen LogP contribution in [0.2, 0.25) is 5.02 Å². The van der Waals surface area contributed by atoms with Crippen LogP contribution in [0.3, 0.4) is 0 Å². The van der Waals surface area contributed by atoms with E-state index >= 15 is 0 Å². The fourth-order valence-corrected chi connectivity index (χ4v) is 4.07. The van der Waals surface area contributed by atoms with Gasteiger partial charge in [-0.1, -0.05) is 11.6 Å². The van der Waals surface area contributed by atoms with Crippen molar-refractivity contribution in [3.63, 3.8) is 0 Å². The van der Waals surface area contributed by atoms with E-state index in [0.717, 1.165) is 67.3 Å². The van der Waals surface area contributed by atoms with Gasteiger partial charge in [0, 0.05) is 42.2 Å². The van der Waals surface area contributed by atoms with Crippen molar-refractivity contribution in [2.45, 2.75) is 19.8 Å². The molecule has 8 heteroatoms. The number of anilines is 1. The van der Waals surface area contributed by atoms with Gasteiger partial charge >= 0.3 is 0 Å². The van der Waals surface area contributed by atoms with Gasteiger partial charge < -0.3 is 14.4 Å². The van der Waals surface area contributed by atoms with Crippen molar-refractivity contribution in [3.05, 3.63) is 53.1 Å². The Morgan fingerprint density at radius 3 is 2.62 bits per heavy atom. The Morgan fingerprint density at radius 1 is 1.09 bits per heavy atom. The lowest BCUT2D eigenvalue weighted by molar-refractivity contribution is 0.0129. The van der Waals surface area contributed by atoms with Gasteiger partial charge in [0.2, 0.25) is 0 Å². The molecular weight excluding hydrogens is 428 g/mol. The number of H-pyrrole nitrogens is 1. The number of nitrogens with zero attached hydrogens (tertiary/aromatic N) is 3. The van der Waals surface area contributed by atoms with Crippen LogP contribution in [0.1, 0.15) is 30.1 Å². The molecule has 0 saturated carbocycles. The SMILES string of the molecule is CC(=O)c1ccc(OCOCCCCN2CCN(c3n[nH]c4cc(Cl)ccc34)CC2)cc1. The van der Waals surface area contributed by atoms with Crippen molar-refractivity contribution in [3.8, 4) is 5.75 Å². The number of benzene rings is 2. The topological polar surface area (TPSA) is 70.7 Å². The molecule has 3 aromatic rings. The summed E-state index contributed by atoms with van der Waals surface area (Å²) in [5, 5.41) is 9.43. The third-order valence-corrected chi connectivity index (χ3v) is 5.99. The fourth-order valence-electron chi connectivity index (χ4n) is 3.90. The van der Waals surface area contributed by atoms with E-state index in [1.165, 1.54) is 0 Å². The summed E-state index contributed by atoms with van der Waals surface area (Å²) in [4.78, 5) is 16.1. The monoisotopic (exact) mass is 456 g/mol. The number of hydrogen-bond donors (Lipinski definition) is 1. The number of rotatable bonds is 10. The summed E-state index contributed by atoms with van der Waals surface area (Å²) in [7, 11) is 0. The average molecular weight is 457 g/mol. The lowest BCUT2D eigenvalue weighted by Gasteiger charge is -2.35. The molecule has 0 unspecified atom stereocenters. The largest absolute Gasteiger partial charge is 0.468 e. The van der Waals surface area contributed by atoms with Crippen molar-refractivity contribution in [1.82, 2.24) is 15.1 Å². The van der Waals surface area contributed by atoms with E-state index in [1.54, 1.807) is 31.2 Å². The maximum atomic E-state index is 11.3. The Balaban J connectivity index is 1.09. The average Bonchev–Trinajstić information content (AvgIpc) is 3.22. The first-order valence-corrected chi connectivity index (χ1v) is 11.4. The number of aromatic nitrogens is 2. The quantitative estimate of drug-likeness (QED) is 0.277. The highest BCUT2D eigenvalue weighted by Gasteiger charge is 2.20. The number of ether oxygens (including phenoxy) is 2. The van der Waals surface area contributed by atoms with E-state index in [2.05, 4.69) is 20.0 Å². The van der Waals surface area contributed by atoms with Crippen molar-refractivity contribution in [2.75, 3.05) is 51.0 Å². The summed E-state index contributed by atoms with van der Waals surface area (Å²) < 4.78 is 11.1. The maximum absolute atomic E-state index is 11.3. The molecule has 1 N–H and O–H groups in total. The van der Waals surface area contributed by atoms with Crippen LogP contribution in [0.4, 0.5) is 5.82 Å². The van der Waals surface area contributed by atoms with Crippen molar-refractivity contribution in [2.24, 2.45) is 0 Å². The molecule has 0 spiro atoms. The molecule has 0 amide bonds. The van der Waals surface area contributed by atoms with E-state index in [9.17, 15) is 4.79 Å². The first kappa shape index (κ1) is 22.6. The molecule has 0 radical (unpaired) electrons. The number of piperazine rings is 1. The lowest BCUT2D eigenvalue weighted by Crippen LogP contribution is -2.46. The fraction of sp³-hybridized carbons (Fsp3) is 0.417. The van der Waals surface area contributed by atoms with Crippen molar-refractivity contribution in [1.29, 1.82) is 0 Å². The second kappa shape index (κ2) is 10.8. The van der Waals surface area contributed by atoms with E-state index in [-0.39, 0.29) is 12.6 Å². The summed E-state index contributed by atoms with van der Waals surface area (Å²) in [5.41, 5.74) is 1.66. The normalized spacial score (nSPS) is 14.8. The molecule has 170 valence electrons. The maximum Gasteiger partial charge on any atom is 0.189 e. The number of aromatic amines is 1. The number of halogens is 1. The first-order valence-electron chi connectivity index (χ1n) is 11.0. The Morgan fingerprint density at radius 2 is 1.88 bits per heavy atom. The van der Waals surface area contributed by atoms with Gasteiger partial charge in [0.15, 0.2) is 18.4 Å². The van der Waals surface area contributed by atoms with Gasteiger partial charge in [-0.3, -0.25) is 14.8 Å². The van der Waals surface area contributed by atoms with Crippen LogP contribution in [0.15, 0.2) is 42.5 Å². The van der Waals surface area contributed by atoms with E-state index in [1.807, 2.05) is 18.2 Å². The Labute approximate surface area is 193 Å². The number of hydrogen-bond acceptors (Lipinski definition) is 6. The van der Waals surface area contributed by atoms with Crippen LogP contribution in [-0.2, 0) is 4.74 Å². The number of ketones is 1. The highest BCUT2D eigenvalue weighted by atomic mass is 35.5. The molecule has 1 aromatic heterocycles. The zero-order valence-corrected chi connectivity index (χ0v) is 19.1. The molecule has 1 aliphatic heterocycles. The molecule has 32 heavy (non-hydrogen) atoms. The summed E-state index contributed by atoms with van der Waals surface area (Å²) >= 11 is 6.07. The molecule has 2 heterocycles. The highest BCUT2D eigenvalue weighted by molar-refractivity contribution is 6.31. The summed E-state index contributed by atoms with van der Waals surface area (Å²) in [6.07, 6.45) is 2.09. The molecule has 0 atom stereocenters. The van der Waals surface area contributed by atoms with Crippen LogP contribution in [0.25, 0.3) is 10.9 Å². The zero-order valence-electron chi connectivity index (χ0n) is 18.3. The van der Waals surface area contributed by atoms with Gasteiger partial charge in [-0.15, -0.1) is 0 Å². The standard InChI is InChI=1S/C24H29ClN4O3/c1-18(30)19-4-7-21(8-5-19)32-17-31-15-3-2-10-28-11-13-29(14-12-28)24-22-9-6-20(25)16-23(22)26-27-24/h4-9,16H,2-3,10-15,17H2,1H3,(H,26,27). The molecule has 0 aliphatic carbocycles. The second-order valence-electron chi connectivity index (χ2n) is 8.02. The third-order valence-electron chi connectivity index (χ3n) is 5.76. The van der Waals surface area contributed by atoms with Gasteiger partial charge in [0.05, 0.1) is 12.1 Å². The van der Waals surface area contributed by atoms with Gasteiger partial charge in [-0.05, 0) is 68.8 Å². The number of unbranched alkanes of at least 4 members (excludes halogenated alkanes) is 1.